The summed E-state index contributed by atoms with van der Waals surface area (Å²) < 4.78 is 16.4. The first-order valence-corrected chi connectivity index (χ1v) is 8.99. The highest BCUT2D eigenvalue weighted by atomic mass is 16.5. The van der Waals surface area contributed by atoms with Crippen LogP contribution < -0.4 is 14.2 Å². The van der Waals surface area contributed by atoms with E-state index in [9.17, 15) is 9.90 Å². The van der Waals surface area contributed by atoms with Crippen molar-refractivity contribution >= 4 is 11.9 Å². The van der Waals surface area contributed by atoms with Crippen molar-refractivity contribution in [3.63, 3.8) is 0 Å². The first-order valence-electron chi connectivity index (χ1n) is 8.99. The molecule has 0 atom stereocenters. The van der Waals surface area contributed by atoms with Crippen molar-refractivity contribution in [1.82, 2.24) is 4.90 Å². The van der Waals surface area contributed by atoms with E-state index < -0.39 is 0 Å². The molecule has 0 radical (unpaired) electrons. The number of nitriles is 2. The zero-order chi connectivity index (χ0) is 21.7. The molecule has 2 aromatic rings. The van der Waals surface area contributed by atoms with E-state index in [4.69, 9.17) is 24.7 Å². The van der Waals surface area contributed by atoms with E-state index in [0.717, 1.165) is 0 Å². The monoisotopic (exact) mass is 405 g/mol. The van der Waals surface area contributed by atoms with Gasteiger partial charge in [0.2, 0.25) is 5.78 Å². The van der Waals surface area contributed by atoms with Crippen LogP contribution in [0.25, 0.3) is 6.08 Å². The van der Waals surface area contributed by atoms with Crippen molar-refractivity contribution in [2.75, 3.05) is 27.3 Å². The number of ketones is 1. The molecule has 8 heteroatoms. The molecule has 1 N–H and O–H groups in total. The fourth-order valence-corrected chi connectivity index (χ4v) is 3.13. The van der Waals surface area contributed by atoms with E-state index in [1.807, 2.05) is 12.1 Å². The Labute approximate surface area is 173 Å². The van der Waals surface area contributed by atoms with E-state index in [0.29, 0.717) is 28.2 Å². The molecule has 0 aromatic heterocycles. The van der Waals surface area contributed by atoms with Crippen LogP contribution in [-0.4, -0.2) is 43.1 Å². The molecule has 8 nitrogen and oxygen atoms in total. The minimum Gasteiger partial charge on any atom is -0.507 e. The minimum atomic E-state index is -0.344. The Bertz CT molecular complexity index is 1080. The number of hydrogen-bond donors (Lipinski definition) is 1. The van der Waals surface area contributed by atoms with Gasteiger partial charge in [-0.05, 0) is 36.4 Å². The first kappa shape index (κ1) is 20.7. The van der Waals surface area contributed by atoms with Crippen LogP contribution >= 0.6 is 0 Å². The zero-order valence-electron chi connectivity index (χ0n) is 16.5. The molecule has 2 aromatic carbocycles. The van der Waals surface area contributed by atoms with E-state index >= 15 is 0 Å². The number of ether oxygens (including phenoxy) is 3. The van der Waals surface area contributed by atoms with Crippen molar-refractivity contribution in [2.24, 2.45) is 0 Å². The van der Waals surface area contributed by atoms with Crippen LogP contribution in [0.15, 0.2) is 36.1 Å². The number of carbonyl (C=O) groups is 1. The van der Waals surface area contributed by atoms with Gasteiger partial charge in [-0.2, -0.15) is 10.5 Å². The fraction of sp³-hybridized carbons (Fsp3) is 0.227. The van der Waals surface area contributed by atoms with Gasteiger partial charge in [-0.3, -0.25) is 9.69 Å². The van der Waals surface area contributed by atoms with Crippen LogP contribution in [0.5, 0.6) is 23.0 Å². The van der Waals surface area contributed by atoms with Gasteiger partial charge in [0.15, 0.2) is 5.76 Å². The molecule has 0 spiro atoms. The Kier molecular flexibility index (Phi) is 6.21. The summed E-state index contributed by atoms with van der Waals surface area (Å²) in [5.74, 6) is 0.982. The second kappa shape index (κ2) is 8.99. The van der Waals surface area contributed by atoms with Gasteiger partial charge < -0.3 is 19.3 Å². The number of rotatable bonds is 7. The topological polar surface area (TPSA) is 116 Å². The standard InChI is InChI=1S/C22H19N3O5/c1-28-15-3-6-19(29-2)14(11-15)12-20-21(27)16-4-5-18(26)17(22(16)30-20)13-25(9-7-23)10-8-24/h3-6,11-12,26H,9-10,13H2,1-2H3/b20-12-. The molecule has 152 valence electrons. The largest absolute Gasteiger partial charge is 0.507 e. The lowest BCUT2D eigenvalue weighted by Gasteiger charge is -2.17. The number of fused-ring (bicyclic) bond motifs is 1. The maximum absolute atomic E-state index is 12.9. The lowest BCUT2D eigenvalue weighted by atomic mass is 10.0. The summed E-state index contributed by atoms with van der Waals surface area (Å²) in [5.41, 5.74) is 1.23. The molecule has 1 aliphatic rings. The summed E-state index contributed by atoms with van der Waals surface area (Å²) in [5, 5.41) is 28.3. The van der Waals surface area contributed by atoms with E-state index in [-0.39, 0.29) is 42.7 Å². The van der Waals surface area contributed by atoms with Crippen LogP contribution in [0.2, 0.25) is 0 Å². The number of hydrogen-bond acceptors (Lipinski definition) is 8. The molecule has 30 heavy (non-hydrogen) atoms. The van der Waals surface area contributed by atoms with Gasteiger partial charge in [-0.25, -0.2) is 0 Å². The molecule has 0 amide bonds. The minimum absolute atomic E-state index is 0.00564. The maximum atomic E-state index is 12.9. The summed E-state index contributed by atoms with van der Waals surface area (Å²) >= 11 is 0. The molecule has 0 aliphatic carbocycles. The Balaban J connectivity index is 2.00. The molecule has 0 unspecified atom stereocenters. The second-order valence-corrected chi connectivity index (χ2v) is 6.45. The van der Waals surface area contributed by atoms with Gasteiger partial charge in [0.05, 0.1) is 50.6 Å². The number of methoxy groups -OCH3 is 2. The highest BCUT2D eigenvalue weighted by Gasteiger charge is 2.32. The van der Waals surface area contributed by atoms with Gasteiger partial charge in [0, 0.05) is 12.1 Å². The Morgan fingerprint density at radius 1 is 1.13 bits per heavy atom. The molecule has 1 aliphatic heterocycles. The highest BCUT2D eigenvalue weighted by Crippen LogP contribution is 2.40. The van der Waals surface area contributed by atoms with Crippen molar-refractivity contribution in [2.45, 2.75) is 6.54 Å². The first-order chi connectivity index (χ1) is 14.5. The number of phenols is 1. The molecule has 0 saturated carbocycles. The van der Waals surface area contributed by atoms with Crippen LogP contribution in [0.4, 0.5) is 0 Å². The molecule has 1 heterocycles. The summed E-state index contributed by atoms with van der Waals surface area (Å²) in [4.78, 5) is 14.4. The van der Waals surface area contributed by atoms with Gasteiger partial charge in [0.1, 0.15) is 23.0 Å². The number of aromatic hydroxyl groups is 1. The van der Waals surface area contributed by atoms with Crippen molar-refractivity contribution in [3.8, 4) is 35.1 Å². The van der Waals surface area contributed by atoms with Gasteiger partial charge in [0.25, 0.3) is 0 Å². The van der Waals surface area contributed by atoms with Crippen LogP contribution in [0.1, 0.15) is 21.5 Å². The average Bonchev–Trinajstić information content (AvgIpc) is 3.06. The van der Waals surface area contributed by atoms with Gasteiger partial charge in [-0.1, -0.05) is 0 Å². The van der Waals surface area contributed by atoms with Gasteiger partial charge in [-0.15, -0.1) is 0 Å². The van der Waals surface area contributed by atoms with E-state index in [1.165, 1.54) is 31.3 Å². The zero-order valence-corrected chi connectivity index (χ0v) is 16.5. The Hall–Kier alpha value is -4.01. The van der Waals surface area contributed by atoms with E-state index in [1.54, 1.807) is 24.3 Å². The lowest BCUT2D eigenvalue weighted by molar-refractivity contribution is 0.101. The molecule has 0 bridgehead atoms. The molecular weight excluding hydrogens is 386 g/mol. The predicted molar refractivity (Wildman–Crippen MR) is 107 cm³/mol. The number of carbonyl (C=O) groups excluding carboxylic acids is 1. The highest BCUT2D eigenvalue weighted by molar-refractivity contribution is 6.15. The lowest BCUT2D eigenvalue weighted by Crippen LogP contribution is -2.24. The SMILES string of the molecule is COc1ccc(OC)c(/C=C2\Oc3c(ccc(O)c3CN(CC#N)CC#N)C2=O)c1. The third-order valence-electron chi connectivity index (χ3n) is 4.61. The van der Waals surface area contributed by atoms with Crippen molar-refractivity contribution in [1.29, 1.82) is 10.5 Å². The summed E-state index contributed by atoms with van der Waals surface area (Å²) in [6.45, 7) is 0.0712. The average molecular weight is 405 g/mol. The number of benzene rings is 2. The van der Waals surface area contributed by atoms with E-state index in [2.05, 4.69) is 0 Å². The second-order valence-electron chi connectivity index (χ2n) is 6.45. The summed E-state index contributed by atoms with van der Waals surface area (Å²) in [6.07, 6.45) is 1.55. The summed E-state index contributed by atoms with van der Waals surface area (Å²) in [6, 6.07) is 12.0. The van der Waals surface area contributed by atoms with Gasteiger partial charge >= 0.3 is 0 Å². The van der Waals surface area contributed by atoms with Crippen LogP contribution in [0, 0.1) is 22.7 Å². The summed E-state index contributed by atoms with van der Waals surface area (Å²) in [7, 11) is 3.06. The maximum Gasteiger partial charge on any atom is 0.231 e. The van der Waals surface area contributed by atoms with Crippen molar-refractivity contribution < 1.29 is 24.1 Å². The van der Waals surface area contributed by atoms with Crippen LogP contribution in [0.3, 0.4) is 0 Å². The quantitative estimate of drug-likeness (QED) is 0.552. The normalized spacial score (nSPS) is 13.5. The molecular formula is C22H19N3O5. The third-order valence-corrected chi connectivity index (χ3v) is 4.61. The third kappa shape index (κ3) is 4.04. The number of nitrogens with zero attached hydrogens (tertiary/aromatic N) is 3. The molecule has 0 fully saturated rings. The van der Waals surface area contributed by atoms with Crippen LogP contribution in [-0.2, 0) is 6.54 Å². The molecule has 0 saturated heterocycles. The smallest absolute Gasteiger partial charge is 0.231 e. The van der Waals surface area contributed by atoms with Crippen molar-refractivity contribution in [3.05, 3.63) is 52.8 Å². The fourth-order valence-electron chi connectivity index (χ4n) is 3.13. The number of Topliss-reactive ketones (excluding diaryl/α,β-unsaturated/α-hetero) is 1. The predicted octanol–water partition coefficient (Wildman–Crippen LogP) is 2.87. The Morgan fingerprint density at radius 3 is 2.50 bits per heavy atom. The Morgan fingerprint density at radius 2 is 1.87 bits per heavy atom. The number of phenolic OH excluding ortho intramolecular Hbond substituents is 1. The number of allylic oxidation sites excluding steroid dienone is 1. The molecule has 3 rings (SSSR count).